The fraction of sp³-hybridized carbons (Fsp3) is 0.318. The fourth-order valence-electron chi connectivity index (χ4n) is 3.07. The monoisotopic (exact) mass is 337 g/mol. The Kier molecular flexibility index (Phi) is 7.42. The van der Waals surface area contributed by atoms with Crippen molar-refractivity contribution in [1.82, 2.24) is 4.90 Å². The molecule has 3 heteroatoms. The highest BCUT2D eigenvalue weighted by Crippen LogP contribution is 2.22. The van der Waals surface area contributed by atoms with E-state index in [1.807, 2.05) is 42.5 Å². The van der Waals surface area contributed by atoms with Gasteiger partial charge in [-0.05, 0) is 24.5 Å². The lowest BCUT2D eigenvalue weighted by Crippen LogP contribution is -2.36. The second-order valence-electron chi connectivity index (χ2n) is 6.24. The van der Waals surface area contributed by atoms with Crippen LogP contribution in [0.2, 0.25) is 0 Å². The molecule has 0 heterocycles. The molecule has 2 aromatic carbocycles. The van der Waals surface area contributed by atoms with E-state index in [4.69, 9.17) is 4.74 Å². The minimum Gasteiger partial charge on any atom is -0.469 e. The summed E-state index contributed by atoms with van der Waals surface area (Å²) in [6, 6.07) is 20.6. The number of benzene rings is 2. The van der Waals surface area contributed by atoms with Crippen LogP contribution < -0.4 is 0 Å². The van der Waals surface area contributed by atoms with Crippen molar-refractivity contribution < 1.29 is 9.53 Å². The van der Waals surface area contributed by atoms with E-state index in [2.05, 4.69) is 42.7 Å². The summed E-state index contributed by atoms with van der Waals surface area (Å²) in [4.78, 5) is 14.6. The molecule has 0 aliphatic rings. The van der Waals surface area contributed by atoms with Gasteiger partial charge in [-0.1, -0.05) is 66.7 Å². The number of hydrogen-bond donors (Lipinski definition) is 0. The molecule has 2 atom stereocenters. The number of nitrogens with zero attached hydrogens (tertiary/aromatic N) is 1. The van der Waals surface area contributed by atoms with Gasteiger partial charge in [-0.2, -0.15) is 0 Å². The van der Waals surface area contributed by atoms with Crippen molar-refractivity contribution in [2.24, 2.45) is 5.92 Å². The maximum atomic E-state index is 12.3. The zero-order chi connectivity index (χ0) is 18.1. The van der Waals surface area contributed by atoms with Crippen molar-refractivity contribution >= 4 is 5.97 Å². The molecule has 0 aliphatic carbocycles. The molecule has 1 unspecified atom stereocenters. The standard InChI is InChI=1S/C22H27NO2/c1-4-15-23(18(2)20-13-9-6-10-14-20)17-21(22(24)25-3)16-19-11-7-5-8-12-19/h4-14,18,21H,1,15-17H2,2-3H3/t18-,21?/m1/s1. The van der Waals surface area contributed by atoms with Gasteiger partial charge in [0.2, 0.25) is 0 Å². The molecule has 0 N–H and O–H groups in total. The molecule has 0 fully saturated rings. The van der Waals surface area contributed by atoms with Gasteiger partial charge < -0.3 is 4.74 Å². The molecule has 0 saturated carbocycles. The van der Waals surface area contributed by atoms with Gasteiger partial charge in [0.05, 0.1) is 13.0 Å². The van der Waals surface area contributed by atoms with Gasteiger partial charge in [0, 0.05) is 19.1 Å². The first-order chi connectivity index (χ1) is 12.2. The van der Waals surface area contributed by atoms with Crippen LogP contribution in [0.3, 0.4) is 0 Å². The summed E-state index contributed by atoms with van der Waals surface area (Å²) < 4.78 is 5.06. The maximum Gasteiger partial charge on any atom is 0.310 e. The fourth-order valence-corrected chi connectivity index (χ4v) is 3.07. The summed E-state index contributed by atoms with van der Waals surface area (Å²) in [6.45, 7) is 7.39. The molecule has 0 radical (unpaired) electrons. The first-order valence-corrected chi connectivity index (χ1v) is 8.67. The molecular weight excluding hydrogens is 310 g/mol. The molecule has 25 heavy (non-hydrogen) atoms. The molecule has 0 aromatic heterocycles. The average Bonchev–Trinajstić information content (AvgIpc) is 2.67. The van der Waals surface area contributed by atoms with Crippen LogP contribution in [0.15, 0.2) is 73.3 Å². The van der Waals surface area contributed by atoms with Gasteiger partial charge in [-0.25, -0.2) is 0 Å². The van der Waals surface area contributed by atoms with Crippen molar-refractivity contribution in [3.8, 4) is 0 Å². The highest BCUT2D eigenvalue weighted by Gasteiger charge is 2.25. The minimum absolute atomic E-state index is 0.168. The van der Waals surface area contributed by atoms with Gasteiger partial charge in [0.15, 0.2) is 0 Å². The van der Waals surface area contributed by atoms with Crippen molar-refractivity contribution in [2.45, 2.75) is 19.4 Å². The van der Waals surface area contributed by atoms with Gasteiger partial charge in [0.1, 0.15) is 0 Å². The van der Waals surface area contributed by atoms with Crippen LogP contribution in [-0.4, -0.2) is 31.1 Å². The summed E-state index contributed by atoms with van der Waals surface area (Å²) in [6.07, 6.45) is 2.55. The van der Waals surface area contributed by atoms with E-state index < -0.39 is 0 Å². The SMILES string of the molecule is C=CCN(CC(Cc1ccccc1)C(=O)OC)[C@H](C)c1ccccc1. The summed E-state index contributed by atoms with van der Waals surface area (Å²) in [5, 5.41) is 0. The summed E-state index contributed by atoms with van der Waals surface area (Å²) >= 11 is 0. The first kappa shape index (κ1) is 18.9. The summed E-state index contributed by atoms with van der Waals surface area (Å²) in [5.41, 5.74) is 2.37. The number of rotatable bonds is 9. The Morgan fingerprint density at radius 3 is 2.28 bits per heavy atom. The molecule has 132 valence electrons. The molecule has 0 bridgehead atoms. The van der Waals surface area contributed by atoms with Crippen LogP contribution in [-0.2, 0) is 16.0 Å². The third-order valence-electron chi connectivity index (χ3n) is 4.51. The molecule has 3 nitrogen and oxygen atoms in total. The number of carbonyl (C=O) groups is 1. The minimum atomic E-state index is -0.210. The Morgan fingerprint density at radius 1 is 1.12 bits per heavy atom. The van der Waals surface area contributed by atoms with Crippen molar-refractivity contribution in [3.05, 3.63) is 84.4 Å². The van der Waals surface area contributed by atoms with Gasteiger partial charge >= 0.3 is 5.97 Å². The number of ether oxygens (including phenoxy) is 1. The third-order valence-corrected chi connectivity index (χ3v) is 4.51. The van der Waals surface area contributed by atoms with Crippen molar-refractivity contribution in [1.29, 1.82) is 0 Å². The van der Waals surface area contributed by atoms with Crippen LogP contribution in [0.5, 0.6) is 0 Å². The van der Waals surface area contributed by atoms with Crippen molar-refractivity contribution in [2.75, 3.05) is 20.2 Å². The van der Waals surface area contributed by atoms with E-state index >= 15 is 0 Å². The lowest BCUT2D eigenvalue weighted by Gasteiger charge is -2.31. The Balaban J connectivity index is 2.17. The number of carbonyl (C=O) groups excluding carboxylic acids is 1. The maximum absolute atomic E-state index is 12.3. The Bertz CT molecular complexity index is 654. The van der Waals surface area contributed by atoms with Crippen LogP contribution >= 0.6 is 0 Å². The number of methoxy groups -OCH3 is 1. The number of esters is 1. The molecule has 2 rings (SSSR count). The molecule has 2 aromatic rings. The van der Waals surface area contributed by atoms with Gasteiger partial charge in [-0.15, -0.1) is 6.58 Å². The highest BCUT2D eigenvalue weighted by atomic mass is 16.5. The molecule has 0 spiro atoms. The zero-order valence-electron chi connectivity index (χ0n) is 15.1. The van der Waals surface area contributed by atoms with Gasteiger partial charge in [-0.3, -0.25) is 9.69 Å². The van der Waals surface area contributed by atoms with E-state index in [-0.39, 0.29) is 17.9 Å². The van der Waals surface area contributed by atoms with Gasteiger partial charge in [0.25, 0.3) is 0 Å². The largest absolute Gasteiger partial charge is 0.469 e. The average molecular weight is 337 g/mol. The highest BCUT2D eigenvalue weighted by molar-refractivity contribution is 5.73. The molecule has 0 saturated heterocycles. The Labute approximate surface area is 150 Å². The van der Waals surface area contributed by atoms with Crippen LogP contribution in [0.1, 0.15) is 24.1 Å². The van der Waals surface area contributed by atoms with Crippen LogP contribution in [0, 0.1) is 5.92 Å². The zero-order valence-corrected chi connectivity index (χ0v) is 15.1. The van der Waals surface area contributed by atoms with E-state index in [9.17, 15) is 4.79 Å². The smallest absolute Gasteiger partial charge is 0.310 e. The van der Waals surface area contributed by atoms with Crippen LogP contribution in [0.4, 0.5) is 0 Å². The predicted octanol–water partition coefficient (Wildman–Crippen LogP) is 4.27. The van der Waals surface area contributed by atoms with E-state index in [1.165, 1.54) is 12.7 Å². The van der Waals surface area contributed by atoms with E-state index in [0.29, 0.717) is 13.0 Å². The molecule has 0 aliphatic heterocycles. The Morgan fingerprint density at radius 2 is 1.72 bits per heavy atom. The lowest BCUT2D eigenvalue weighted by molar-refractivity contribution is -0.146. The molecular formula is C22H27NO2. The summed E-state index contributed by atoms with van der Waals surface area (Å²) in [7, 11) is 1.46. The number of hydrogen-bond acceptors (Lipinski definition) is 3. The normalized spacial score (nSPS) is 13.2. The van der Waals surface area contributed by atoms with E-state index in [0.717, 1.165) is 12.1 Å². The van der Waals surface area contributed by atoms with Crippen LogP contribution in [0.25, 0.3) is 0 Å². The molecule has 0 amide bonds. The predicted molar refractivity (Wildman–Crippen MR) is 102 cm³/mol. The second kappa shape index (κ2) is 9.80. The lowest BCUT2D eigenvalue weighted by atomic mass is 9.97. The summed E-state index contributed by atoms with van der Waals surface area (Å²) in [5.74, 6) is -0.378. The Hall–Kier alpha value is -2.39. The topological polar surface area (TPSA) is 29.5 Å². The third kappa shape index (κ3) is 5.57. The first-order valence-electron chi connectivity index (χ1n) is 8.67. The second-order valence-corrected chi connectivity index (χ2v) is 6.24. The van der Waals surface area contributed by atoms with E-state index in [1.54, 1.807) is 0 Å². The van der Waals surface area contributed by atoms with Crippen molar-refractivity contribution in [3.63, 3.8) is 0 Å². The quantitative estimate of drug-likeness (QED) is 0.505.